The molecule has 0 saturated carbocycles. The number of aliphatic hydroxyl groups excluding tert-OH is 1. The normalized spacial score (nSPS) is 16.9. The van der Waals surface area contributed by atoms with Crippen LogP contribution in [0.2, 0.25) is 0 Å². The van der Waals surface area contributed by atoms with Crippen LogP contribution in [0.5, 0.6) is 11.5 Å². The second kappa shape index (κ2) is 11.5. The Morgan fingerprint density at radius 2 is 1.42 bits per heavy atom. The third-order valence-electron chi connectivity index (χ3n) is 6.50. The molecule has 0 spiro atoms. The average Bonchev–Trinajstić information content (AvgIpc) is 3.18. The lowest BCUT2D eigenvalue weighted by atomic mass is 9.93. The Morgan fingerprint density at radius 3 is 1.97 bits per heavy atom. The summed E-state index contributed by atoms with van der Waals surface area (Å²) >= 11 is 0. The van der Waals surface area contributed by atoms with Crippen molar-refractivity contribution >= 4 is 23.1 Å². The quantitative estimate of drug-likeness (QED) is 0.192. The highest BCUT2D eigenvalue weighted by atomic mass is 16.5. The smallest absolute Gasteiger partial charge is 0.300 e. The van der Waals surface area contributed by atoms with Gasteiger partial charge in [-0.3, -0.25) is 14.5 Å². The zero-order chi connectivity index (χ0) is 27.4. The van der Waals surface area contributed by atoms with Gasteiger partial charge in [-0.15, -0.1) is 0 Å². The molecule has 3 aromatic rings. The number of carbonyl (C=O) groups is 2. The highest BCUT2D eigenvalue weighted by molar-refractivity contribution is 6.51. The Balaban J connectivity index is 1.80. The fourth-order valence-electron chi connectivity index (χ4n) is 4.47. The van der Waals surface area contributed by atoms with Crippen molar-refractivity contribution in [2.75, 3.05) is 18.1 Å². The van der Waals surface area contributed by atoms with E-state index in [1.165, 1.54) is 4.90 Å². The fraction of sp³-hybridized carbons (Fsp3) is 0.312. The molecule has 0 aliphatic carbocycles. The zero-order valence-corrected chi connectivity index (χ0v) is 22.6. The van der Waals surface area contributed by atoms with Crippen molar-refractivity contribution in [2.45, 2.75) is 46.6 Å². The summed E-state index contributed by atoms with van der Waals surface area (Å²) in [4.78, 5) is 28.3. The van der Waals surface area contributed by atoms with E-state index in [4.69, 9.17) is 9.47 Å². The number of nitrogens with zero attached hydrogens (tertiary/aromatic N) is 1. The van der Waals surface area contributed by atoms with E-state index in [2.05, 4.69) is 27.7 Å². The van der Waals surface area contributed by atoms with Crippen LogP contribution in [0.1, 0.15) is 63.3 Å². The van der Waals surface area contributed by atoms with E-state index in [1.54, 1.807) is 48.5 Å². The van der Waals surface area contributed by atoms with Crippen LogP contribution in [-0.4, -0.2) is 30.0 Å². The van der Waals surface area contributed by atoms with Gasteiger partial charge in [0.15, 0.2) is 0 Å². The summed E-state index contributed by atoms with van der Waals surface area (Å²) in [6.45, 7) is 11.3. The minimum Gasteiger partial charge on any atom is -0.507 e. The molecule has 4 rings (SSSR count). The van der Waals surface area contributed by atoms with Crippen LogP contribution in [0, 0.1) is 5.92 Å². The van der Waals surface area contributed by atoms with Crippen molar-refractivity contribution in [3.05, 3.63) is 95.1 Å². The fourth-order valence-corrected chi connectivity index (χ4v) is 4.47. The molecule has 0 aromatic heterocycles. The average molecular weight is 514 g/mol. The van der Waals surface area contributed by atoms with Crippen LogP contribution in [0.4, 0.5) is 5.69 Å². The Bertz CT molecular complexity index is 1310. The summed E-state index contributed by atoms with van der Waals surface area (Å²) in [5.74, 6) is 0.420. The van der Waals surface area contributed by atoms with Crippen LogP contribution in [0.3, 0.4) is 0 Å². The van der Waals surface area contributed by atoms with Crippen LogP contribution in [0.15, 0.2) is 78.4 Å². The predicted octanol–water partition coefficient (Wildman–Crippen LogP) is 6.87. The summed E-state index contributed by atoms with van der Waals surface area (Å²) in [6.07, 6.45) is 0. The maximum Gasteiger partial charge on any atom is 0.300 e. The van der Waals surface area contributed by atoms with Crippen LogP contribution in [-0.2, 0) is 9.59 Å². The number of hydrogen-bond acceptors (Lipinski definition) is 5. The van der Waals surface area contributed by atoms with E-state index in [-0.39, 0.29) is 11.3 Å². The first-order valence-electron chi connectivity index (χ1n) is 13.1. The molecule has 198 valence electrons. The Labute approximate surface area is 224 Å². The van der Waals surface area contributed by atoms with E-state index in [9.17, 15) is 14.7 Å². The molecule has 3 aromatic carbocycles. The number of ether oxygens (including phenoxy) is 2. The maximum atomic E-state index is 13.4. The van der Waals surface area contributed by atoms with Gasteiger partial charge in [-0.05, 0) is 78.4 Å². The molecular weight excluding hydrogens is 478 g/mol. The number of benzene rings is 3. The molecular formula is C32H35NO5. The SMILES string of the molecule is CCOc1ccc(N2C(=O)C(=O)/C(=C(\O)c3ccc(OCC(C)C)cc3)C2c2ccc(C(C)C)cc2)cc1. The lowest BCUT2D eigenvalue weighted by Crippen LogP contribution is -2.29. The molecule has 1 fully saturated rings. The number of ketones is 1. The second-order valence-electron chi connectivity index (χ2n) is 10.1. The number of rotatable bonds is 9. The van der Waals surface area contributed by atoms with Crippen molar-refractivity contribution in [1.82, 2.24) is 0 Å². The highest BCUT2D eigenvalue weighted by Gasteiger charge is 2.47. The summed E-state index contributed by atoms with van der Waals surface area (Å²) in [7, 11) is 0. The third-order valence-corrected chi connectivity index (χ3v) is 6.50. The first-order valence-corrected chi connectivity index (χ1v) is 13.1. The van der Waals surface area contributed by atoms with Gasteiger partial charge in [0.1, 0.15) is 17.3 Å². The van der Waals surface area contributed by atoms with E-state index in [0.29, 0.717) is 47.8 Å². The standard InChI is InChI=1S/C32H35NO5/c1-6-37-26-17-13-25(14-18-26)33-29(23-9-7-22(8-10-23)21(4)5)28(31(35)32(33)36)30(34)24-11-15-27(16-12-24)38-19-20(2)3/h7-18,20-21,29,34H,6,19H2,1-5H3/b30-28-. The molecule has 1 heterocycles. The molecule has 1 aliphatic rings. The van der Waals surface area contributed by atoms with E-state index < -0.39 is 17.7 Å². The molecule has 1 amide bonds. The van der Waals surface area contributed by atoms with E-state index in [0.717, 1.165) is 11.1 Å². The Morgan fingerprint density at radius 1 is 0.842 bits per heavy atom. The van der Waals surface area contributed by atoms with Crippen molar-refractivity contribution < 1.29 is 24.2 Å². The molecule has 1 saturated heterocycles. The van der Waals surface area contributed by atoms with Gasteiger partial charge in [0.2, 0.25) is 0 Å². The monoisotopic (exact) mass is 513 g/mol. The minimum atomic E-state index is -0.786. The topological polar surface area (TPSA) is 76.1 Å². The van der Waals surface area contributed by atoms with Crippen molar-refractivity contribution in [3.63, 3.8) is 0 Å². The van der Waals surface area contributed by atoms with Crippen molar-refractivity contribution in [3.8, 4) is 11.5 Å². The van der Waals surface area contributed by atoms with Crippen LogP contribution < -0.4 is 14.4 Å². The lowest BCUT2D eigenvalue weighted by molar-refractivity contribution is -0.132. The minimum absolute atomic E-state index is 0.0528. The van der Waals surface area contributed by atoms with Gasteiger partial charge in [-0.1, -0.05) is 52.0 Å². The molecule has 38 heavy (non-hydrogen) atoms. The Kier molecular flexibility index (Phi) is 8.20. The predicted molar refractivity (Wildman–Crippen MR) is 150 cm³/mol. The first kappa shape index (κ1) is 27.0. The van der Waals surface area contributed by atoms with E-state index >= 15 is 0 Å². The molecule has 1 atom stereocenters. The summed E-state index contributed by atoms with van der Waals surface area (Å²) in [5.41, 5.74) is 2.92. The van der Waals surface area contributed by atoms with Gasteiger partial charge < -0.3 is 14.6 Å². The van der Waals surface area contributed by atoms with Crippen LogP contribution >= 0.6 is 0 Å². The molecule has 6 heteroatoms. The molecule has 0 radical (unpaired) electrons. The van der Waals surface area contributed by atoms with Crippen LogP contribution in [0.25, 0.3) is 5.76 Å². The maximum absolute atomic E-state index is 13.4. The van der Waals surface area contributed by atoms with Gasteiger partial charge >= 0.3 is 0 Å². The van der Waals surface area contributed by atoms with Crippen molar-refractivity contribution in [2.24, 2.45) is 5.92 Å². The molecule has 1 aliphatic heterocycles. The lowest BCUT2D eigenvalue weighted by Gasteiger charge is -2.26. The van der Waals surface area contributed by atoms with Crippen molar-refractivity contribution in [1.29, 1.82) is 0 Å². The number of aliphatic hydroxyl groups is 1. The summed E-state index contributed by atoms with van der Waals surface area (Å²) < 4.78 is 11.3. The largest absolute Gasteiger partial charge is 0.507 e. The number of Topliss-reactive ketones (excluding diaryl/α,β-unsaturated/α-hetero) is 1. The third kappa shape index (κ3) is 5.59. The number of amides is 1. The summed E-state index contributed by atoms with van der Waals surface area (Å²) in [5, 5.41) is 11.4. The number of anilines is 1. The molecule has 0 bridgehead atoms. The summed E-state index contributed by atoms with van der Waals surface area (Å²) in [6, 6.07) is 21.0. The van der Waals surface area contributed by atoms with Gasteiger partial charge in [0.05, 0.1) is 24.8 Å². The van der Waals surface area contributed by atoms with Gasteiger partial charge in [0, 0.05) is 11.3 Å². The number of hydrogen-bond donors (Lipinski definition) is 1. The van der Waals surface area contributed by atoms with Gasteiger partial charge in [-0.2, -0.15) is 0 Å². The molecule has 6 nitrogen and oxygen atoms in total. The second-order valence-corrected chi connectivity index (χ2v) is 10.1. The molecule has 1 unspecified atom stereocenters. The Hall–Kier alpha value is -4.06. The molecule has 1 N–H and O–H groups in total. The van der Waals surface area contributed by atoms with E-state index in [1.807, 2.05) is 31.2 Å². The highest BCUT2D eigenvalue weighted by Crippen LogP contribution is 2.42. The van der Waals surface area contributed by atoms with Gasteiger partial charge in [0.25, 0.3) is 11.7 Å². The zero-order valence-electron chi connectivity index (χ0n) is 22.6. The number of carbonyl (C=O) groups excluding carboxylic acids is 2. The first-order chi connectivity index (χ1) is 18.2. The van der Waals surface area contributed by atoms with Gasteiger partial charge in [-0.25, -0.2) is 0 Å².